The molecule has 4 nitrogen and oxygen atoms in total. The van der Waals surface area contributed by atoms with E-state index in [1.807, 2.05) is 32.0 Å². The Hall–Kier alpha value is -1.68. The van der Waals surface area contributed by atoms with Gasteiger partial charge in [-0.25, -0.2) is 4.79 Å². The zero-order valence-electron chi connectivity index (χ0n) is 16.1. The maximum Gasteiger partial charge on any atom is 0.338 e. The first-order valence-electron chi connectivity index (χ1n) is 8.64. The van der Waals surface area contributed by atoms with Gasteiger partial charge in [-0.2, -0.15) is 0 Å². The topological polar surface area (TPSA) is 52.6 Å². The number of carbonyl (C=O) groups excluding carboxylic acids is 2. The molecule has 1 aromatic carbocycles. The Labute approximate surface area is 147 Å². The van der Waals surface area contributed by atoms with Crippen LogP contribution in [0.4, 0.5) is 0 Å². The maximum absolute atomic E-state index is 11.7. The summed E-state index contributed by atoms with van der Waals surface area (Å²) in [5, 5.41) is 0. The van der Waals surface area contributed by atoms with Crippen LogP contribution in [0.2, 0.25) is 0 Å². The van der Waals surface area contributed by atoms with Crippen molar-refractivity contribution < 1.29 is 19.1 Å². The van der Waals surface area contributed by atoms with Gasteiger partial charge in [-0.15, -0.1) is 0 Å². The smallest absolute Gasteiger partial charge is 0.338 e. The third-order valence-corrected chi connectivity index (χ3v) is 2.84. The molecule has 138 valence electrons. The first kappa shape index (κ1) is 24.6. The van der Waals surface area contributed by atoms with Gasteiger partial charge in [-0.1, -0.05) is 38.5 Å². The molecule has 0 aliphatic heterocycles. The van der Waals surface area contributed by atoms with Gasteiger partial charge in [0.15, 0.2) is 0 Å². The summed E-state index contributed by atoms with van der Waals surface area (Å²) < 4.78 is 9.69. The monoisotopic (exact) mass is 338 g/mol. The van der Waals surface area contributed by atoms with Crippen molar-refractivity contribution >= 4 is 11.8 Å². The number of Topliss-reactive ketones (excluding diaryl/α,β-unsaturated/α-hetero) is 1. The van der Waals surface area contributed by atoms with Crippen LogP contribution in [0.5, 0.6) is 0 Å². The summed E-state index contributed by atoms with van der Waals surface area (Å²) in [6.45, 7) is 7.06. The lowest BCUT2D eigenvalue weighted by molar-refractivity contribution is -0.115. The molecule has 0 N–H and O–H groups in total. The average molecular weight is 338 g/mol. The highest BCUT2D eigenvalue weighted by atomic mass is 16.5. The van der Waals surface area contributed by atoms with Gasteiger partial charge in [0.1, 0.15) is 11.9 Å². The van der Waals surface area contributed by atoms with Crippen molar-refractivity contribution in [2.24, 2.45) is 0 Å². The fourth-order valence-electron chi connectivity index (χ4n) is 1.98. The molecule has 4 heteroatoms. The second-order valence-corrected chi connectivity index (χ2v) is 5.35. The molecule has 2 rings (SSSR count). The lowest BCUT2D eigenvalue weighted by atomic mass is 9.98. The molecule has 1 fully saturated rings. The molecule has 0 heterocycles. The maximum atomic E-state index is 11.7. The van der Waals surface area contributed by atoms with Gasteiger partial charge in [0.25, 0.3) is 0 Å². The molecule has 0 atom stereocenters. The predicted octanol–water partition coefficient (Wildman–Crippen LogP) is 5.06. The van der Waals surface area contributed by atoms with Gasteiger partial charge >= 0.3 is 5.97 Å². The Balaban J connectivity index is 0. The first-order valence-corrected chi connectivity index (χ1v) is 8.64. The number of ether oxygens (including phenoxy) is 2. The summed E-state index contributed by atoms with van der Waals surface area (Å²) in [5.74, 6) is -0.0116. The van der Waals surface area contributed by atoms with Gasteiger partial charge in [-0.3, -0.25) is 0 Å². The summed E-state index contributed by atoms with van der Waals surface area (Å²) in [5.41, 5.74) is 0.656. The minimum Gasteiger partial charge on any atom is -0.459 e. The number of hydrogen-bond acceptors (Lipinski definition) is 4. The van der Waals surface area contributed by atoms with Crippen LogP contribution in [0.15, 0.2) is 30.3 Å². The molecule has 1 aliphatic rings. The largest absolute Gasteiger partial charge is 0.459 e. The van der Waals surface area contributed by atoms with E-state index in [9.17, 15) is 9.59 Å². The van der Waals surface area contributed by atoms with Crippen molar-refractivity contribution in [2.75, 3.05) is 14.2 Å². The summed E-state index contributed by atoms with van der Waals surface area (Å²) in [7, 11) is 3.25. The number of benzene rings is 1. The van der Waals surface area contributed by atoms with Gasteiger partial charge in [0, 0.05) is 14.2 Å². The van der Waals surface area contributed by atoms with E-state index in [1.165, 1.54) is 33.1 Å². The predicted molar refractivity (Wildman–Crippen MR) is 99.4 cm³/mol. The molecule has 1 aliphatic carbocycles. The number of ketones is 1. The van der Waals surface area contributed by atoms with Crippen LogP contribution in [0.1, 0.15) is 70.2 Å². The number of rotatable bonds is 2. The number of carbonyl (C=O) groups is 2. The van der Waals surface area contributed by atoms with Crippen LogP contribution >= 0.6 is 0 Å². The fourth-order valence-corrected chi connectivity index (χ4v) is 1.98. The van der Waals surface area contributed by atoms with E-state index in [1.54, 1.807) is 26.4 Å². The molecular formula is C20H34O4. The van der Waals surface area contributed by atoms with Crippen molar-refractivity contribution in [1.29, 1.82) is 0 Å². The third kappa shape index (κ3) is 15.2. The van der Waals surface area contributed by atoms with Gasteiger partial charge < -0.3 is 14.3 Å². The van der Waals surface area contributed by atoms with E-state index in [4.69, 9.17) is 4.74 Å². The summed E-state index contributed by atoms with van der Waals surface area (Å²) >= 11 is 0. The van der Waals surface area contributed by atoms with Crippen LogP contribution < -0.4 is 0 Å². The normalized spacial score (nSPS) is 12.9. The van der Waals surface area contributed by atoms with Crippen molar-refractivity contribution in [2.45, 2.75) is 65.9 Å². The summed E-state index contributed by atoms with van der Waals surface area (Å²) in [6.07, 6.45) is 5.85. The standard InChI is InChI=1S/C13H16O2.C3H6O.C2H6O.C2H6/c14-13(11-7-3-1-4-8-11)15-12-9-5-2-6-10-12;1-3(2)4;1-3-2;1-2/h1,3-4,7-8,12H,2,5-6,9-10H2;1-2H3;1-2H3;1-2H3. The second-order valence-electron chi connectivity index (χ2n) is 5.35. The number of esters is 1. The molecule has 0 radical (unpaired) electrons. The van der Waals surface area contributed by atoms with Gasteiger partial charge in [0.2, 0.25) is 0 Å². The molecule has 1 saturated carbocycles. The zero-order valence-corrected chi connectivity index (χ0v) is 16.1. The van der Waals surface area contributed by atoms with E-state index >= 15 is 0 Å². The fraction of sp³-hybridized carbons (Fsp3) is 0.600. The molecular weight excluding hydrogens is 304 g/mol. The second kappa shape index (κ2) is 17.7. The Bertz CT molecular complexity index is 405. The highest BCUT2D eigenvalue weighted by Crippen LogP contribution is 2.21. The molecule has 0 spiro atoms. The van der Waals surface area contributed by atoms with E-state index in [0.29, 0.717) is 5.56 Å². The van der Waals surface area contributed by atoms with Crippen LogP contribution in [-0.4, -0.2) is 32.1 Å². The van der Waals surface area contributed by atoms with Crippen LogP contribution in [0.25, 0.3) is 0 Å². The zero-order chi connectivity index (χ0) is 18.8. The Morgan fingerprint density at radius 1 is 0.917 bits per heavy atom. The minimum atomic E-state index is -0.178. The molecule has 0 aromatic heterocycles. The highest BCUT2D eigenvalue weighted by Gasteiger charge is 2.18. The molecule has 0 saturated heterocycles. The summed E-state index contributed by atoms with van der Waals surface area (Å²) in [6, 6.07) is 9.21. The quantitative estimate of drug-likeness (QED) is 0.707. The van der Waals surface area contributed by atoms with Crippen molar-refractivity contribution in [3.05, 3.63) is 35.9 Å². The highest BCUT2D eigenvalue weighted by molar-refractivity contribution is 5.89. The van der Waals surface area contributed by atoms with E-state index in [-0.39, 0.29) is 17.9 Å². The van der Waals surface area contributed by atoms with Crippen LogP contribution in [0, 0.1) is 0 Å². The number of hydrogen-bond donors (Lipinski definition) is 0. The average Bonchev–Trinajstić information content (AvgIpc) is 2.59. The molecule has 0 unspecified atom stereocenters. The lowest BCUT2D eigenvalue weighted by Crippen LogP contribution is -2.20. The van der Waals surface area contributed by atoms with Crippen molar-refractivity contribution in [3.8, 4) is 0 Å². The van der Waals surface area contributed by atoms with Crippen molar-refractivity contribution in [3.63, 3.8) is 0 Å². The number of methoxy groups -OCH3 is 1. The first-order chi connectivity index (χ1) is 11.5. The van der Waals surface area contributed by atoms with Crippen LogP contribution in [-0.2, 0) is 14.3 Å². The third-order valence-electron chi connectivity index (χ3n) is 2.84. The molecule has 0 bridgehead atoms. The van der Waals surface area contributed by atoms with Gasteiger partial charge in [-0.05, 0) is 51.7 Å². The van der Waals surface area contributed by atoms with Crippen molar-refractivity contribution in [1.82, 2.24) is 0 Å². The Morgan fingerprint density at radius 2 is 1.33 bits per heavy atom. The minimum absolute atomic E-state index is 0.145. The van der Waals surface area contributed by atoms with Gasteiger partial charge in [0.05, 0.1) is 5.56 Å². The van der Waals surface area contributed by atoms with E-state index in [0.717, 1.165) is 12.8 Å². The molecule has 0 amide bonds. The Kier molecular flexibility index (Phi) is 18.1. The summed E-state index contributed by atoms with van der Waals surface area (Å²) in [4.78, 5) is 21.1. The lowest BCUT2D eigenvalue weighted by Gasteiger charge is -2.21. The Morgan fingerprint density at radius 3 is 1.75 bits per heavy atom. The molecule has 1 aromatic rings. The molecule has 24 heavy (non-hydrogen) atoms. The van der Waals surface area contributed by atoms with E-state index in [2.05, 4.69) is 4.74 Å². The SMILES string of the molecule is CC.CC(C)=O.COC.O=C(OC1CCCCC1)c1ccccc1. The van der Waals surface area contributed by atoms with Crippen LogP contribution in [0.3, 0.4) is 0 Å². The van der Waals surface area contributed by atoms with E-state index < -0.39 is 0 Å².